The average molecular weight is 492 g/mol. The van der Waals surface area contributed by atoms with Gasteiger partial charge in [0.25, 0.3) is 11.5 Å². The number of amides is 1. The minimum Gasteiger partial charge on any atom is -0.494 e. The van der Waals surface area contributed by atoms with Gasteiger partial charge in [0.2, 0.25) is 10.0 Å². The van der Waals surface area contributed by atoms with E-state index >= 15 is 0 Å². The van der Waals surface area contributed by atoms with Gasteiger partial charge < -0.3 is 10.1 Å². The Morgan fingerprint density at radius 1 is 1.21 bits per heavy atom. The highest BCUT2D eigenvalue weighted by molar-refractivity contribution is 7.92. The Morgan fingerprint density at radius 2 is 1.91 bits per heavy atom. The van der Waals surface area contributed by atoms with Gasteiger partial charge in [0, 0.05) is 18.8 Å². The molecule has 0 atom stereocenters. The van der Waals surface area contributed by atoms with Crippen molar-refractivity contribution in [3.63, 3.8) is 0 Å². The number of anilines is 2. The van der Waals surface area contributed by atoms with Crippen molar-refractivity contribution < 1.29 is 17.9 Å². The summed E-state index contributed by atoms with van der Waals surface area (Å²) in [5, 5.41) is 7.40. The van der Waals surface area contributed by atoms with Gasteiger partial charge in [0.15, 0.2) is 0 Å². The molecule has 0 aliphatic heterocycles. The molecule has 0 spiro atoms. The smallest absolute Gasteiger partial charge is 0.277 e. The molecule has 0 saturated heterocycles. The molecule has 0 bridgehead atoms. The second-order valence-electron chi connectivity index (χ2n) is 7.32. The van der Waals surface area contributed by atoms with Gasteiger partial charge in [-0.2, -0.15) is 5.10 Å². The second kappa shape index (κ2) is 9.32. The van der Waals surface area contributed by atoms with Gasteiger partial charge in [0.1, 0.15) is 15.6 Å². The summed E-state index contributed by atoms with van der Waals surface area (Å²) in [6.07, 6.45) is 0. The van der Waals surface area contributed by atoms with Crippen LogP contribution in [-0.2, 0) is 17.1 Å². The number of aryl methyl sites for hydroxylation is 3. The first-order chi connectivity index (χ1) is 15.5. The fraction of sp³-hybridized carbons (Fsp3) is 0.333. The van der Waals surface area contributed by atoms with Crippen molar-refractivity contribution in [3.8, 4) is 16.3 Å². The molecule has 0 fully saturated rings. The molecule has 0 aliphatic carbocycles. The fourth-order valence-corrected chi connectivity index (χ4v) is 4.80. The lowest BCUT2D eigenvalue weighted by atomic mass is 10.1. The largest absolute Gasteiger partial charge is 0.494 e. The molecule has 0 aliphatic rings. The van der Waals surface area contributed by atoms with E-state index in [1.165, 1.54) is 30.8 Å². The van der Waals surface area contributed by atoms with Crippen LogP contribution in [0.2, 0.25) is 0 Å². The maximum atomic E-state index is 13.0. The predicted molar refractivity (Wildman–Crippen MR) is 129 cm³/mol. The number of rotatable bonds is 7. The minimum absolute atomic E-state index is 0.0821. The topological polar surface area (TPSA) is 132 Å². The van der Waals surface area contributed by atoms with Crippen molar-refractivity contribution in [1.82, 2.24) is 14.8 Å². The van der Waals surface area contributed by atoms with E-state index in [9.17, 15) is 18.0 Å². The SMILES string of the molecule is CCS(=O)(=O)Nc1ccc(NC(=O)c2sc(-c3c(C)c(C)nn(C)c3=O)nc2C)cc1OC. The van der Waals surface area contributed by atoms with Crippen LogP contribution in [0.15, 0.2) is 23.0 Å². The van der Waals surface area contributed by atoms with Gasteiger partial charge in [-0.05, 0) is 45.4 Å². The Kier molecular flexibility index (Phi) is 6.89. The molecule has 2 heterocycles. The van der Waals surface area contributed by atoms with Crippen molar-refractivity contribution in [2.45, 2.75) is 27.7 Å². The Bertz CT molecular complexity index is 1390. The van der Waals surface area contributed by atoms with E-state index in [-0.39, 0.29) is 22.7 Å². The number of nitrogens with zero attached hydrogens (tertiary/aromatic N) is 3. The van der Waals surface area contributed by atoms with Crippen molar-refractivity contribution in [2.75, 3.05) is 22.9 Å². The first kappa shape index (κ1) is 24.4. The summed E-state index contributed by atoms with van der Waals surface area (Å²) in [5.41, 5.74) is 2.73. The van der Waals surface area contributed by atoms with E-state index in [4.69, 9.17) is 4.74 Å². The summed E-state index contributed by atoms with van der Waals surface area (Å²) in [7, 11) is -0.502. The quantitative estimate of drug-likeness (QED) is 0.519. The zero-order chi connectivity index (χ0) is 24.5. The minimum atomic E-state index is -3.48. The van der Waals surface area contributed by atoms with E-state index in [1.807, 2.05) is 6.92 Å². The standard InChI is InChI=1S/C21H25N5O5S2/c1-7-33(29,30)25-15-9-8-14(10-16(15)31-6)23-19(27)18-13(4)22-20(32-18)17-11(2)12(3)24-26(5)21(17)28/h8-10,25H,7H2,1-6H3,(H,23,27). The van der Waals surface area contributed by atoms with Crippen molar-refractivity contribution in [2.24, 2.45) is 7.05 Å². The first-order valence-corrected chi connectivity index (χ1v) is 12.5. The number of methoxy groups -OCH3 is 1. The zero-order valence-electron chi connectivity index (χ0n) is 19.1. The van der Waals surface area contributed by atoms with Crippen LogP contribution in [0.25, 0.3) is 10.6 Å². The van der Waals surface area contributed by atoms with Gasteiger partial charge in [0.05, 0.1) is 35.5 Å². The normalized spacial score (nSPS) is 11.3. The number of carbonyl (C=O) groups excluding carboxylic acids is 1. The van der Waals surface area contributed by atoms with Gasteiger partial charge in [-0.15, -0.1) is 11.3 Å². The number of thiazole rings is 1. The molecule has 2 N–H and O–H groups in total. The lowest BCUT2D eigenvalue weighted by molar-refractivity contribution is 0.103. The van der Waals surface area contributed by atoms with E-state index in [2.05, 4.69) is 20.1 Å². The molecule has 2 aromatic heterocycles. The number of hydrogen-bond acceptors (Lipinski definition) is 8. The van der Waals surface area contributed by atoms with Crippen LogP contribution in [0.4, 0.5) is 11.4 Å². The molecule has 1 amide bonds. The van der Waals surface area contributed by atoms with Crippen LogP contribution in [0, 0.1) is 20.8 Å². The number of nitrogens with one attached hydrogen (secondary N) is 2. The highest BCUT2D eigenvalue weighted by Crippen LogP contribution is 2.31. The third-order valence-corrected chi connectivity index (χ3v) is 7.51. The number of sulfonamides is 1. The fourth-order valence-electron chi connectivity index (χ4n) is 3.10. The molecule has 3 rings (SSSR count). The summed E-state index contributed by atoms with van der Waals surface area (Å²) >= 11 is 1.12. The van der Waals surface area contributed by atoms with Crippen LogP contribution >= 0.6 is 11.3 Å². The second-order valence-corrected chi connectivity index (χ2v) is 10.3. The number of ether oxygens (including phenoxy) is 1. The summed E-state index contributed by atoms with van der Waals surface area (Å²) in [6.45, 7) is 6.84. The summed E-state index contributed by atoms with van der Waals surface area (Å²) in [4.78, 5) is 30.4. The van der Waals surface area contributed by atoms with Gasteiger partial charge in [-0.3, -0.25) is 14.3 Å². The molecule has 12 heteroatoms. The highest BCUT2D eigenvalue weighted by atomic mass is 32.2. The van der Waals surface area contributed by atoms with Gasteiger partial charge >= 0.3 is 0 Å². The van der Waals surface area contributed by atoms with Gasteiger partial charge in [-0.25, -0.2) is 18.1 Å². The third-order valence-electron chi connectivity index (χ3n) is 5.05. The number of benzene rings is 1. The molecule has 1 aromatic carbocycles. The Morgan fingerprint density at radius 3 is 2.55 bits per heavy atom. The first-order valence-electron chi connectivity index (χ1n) is 9.99. The summed E-state index contributed by atoms with van der Waals surface area (Å²) in [5.74, 6) is -0.223. The van der Waals surface area contributed by atoms with Gasteiger partial charge in [-0.1, -0.05) is 0 Å². The Balaban J connectivity index is 1.91. The van der Waals surface area contributed by atoms with Crippen LogP contribution in [0.1, 0.15) is 33.5 Å². The number of aromatic nitrogens is 3. The van der Waals surface area contributed by atoms with Crippen LogP contribution in [0.5, 0.6) is 5.75 Å². The van der Waals surface area contributed by atoms with Crippen molar-refractivity contribution >= 4 is 38.6 Å². The lowest BCUT2D eigenvalue weighted by Crippen LogP contribution is -2.23. The molecule has 10 nitrogen and oxygen atoms in total. The zero-order valence-corrected chi connectivity index (χ0v) is 20.8. The van der Waals surface area contributed by atoms with E-state index in [1.54, 1.807) is 27.0 Å². The summed E-state index contributed by atoms with van der Waals surface area (Å²) < 4.78 is 32.7. The Labute approximate surface area is 195 Å². The predicted octanol–water partition coefficient (Wildman–Crippen LogP) is 2.85. The number of hydrogen-bond donors (Lipinski definition) is 2. The van der Waals surface area contributed by atoms with Crippen LogP contribution in [0.3, 0.4) is 0 Å². The molecular formula is C21H25N5O5S2. The maximum absolute atomic E-state index is 13.0. The van der Waals surface area contributed by atoms with Crippen LogP contribution < -0.4 is 20.3 Å². The molecule has 3 aromatic rings. The monoisotopic (exact) mass is 491 g/mol. The molecule has 176 valence electrons. The molecule has 0 unspecified atom stereocenters. The Hall–Kier alpha value is -3.25. The van der Waals surface area contributed by atoms with E-state index in [0.29, 0.717) is 38.1 Å². The third kappa shape index (κ3) is 5.06. The van der Waals surface area contributed by atoms with Crippen molar-refractivity contribution in [1.29, 1.82) is 0 Å². The summed E-state index contributed by atoms with van der Waals surface area (Å²) in [6, 6.07) is 4.60. The maximum Gasteiger partial charge on any atom is 0.277 e. The molecule has 33 heavy (non-hydrogen) atoms. The van der Waals surface area contributed by atoms with E-state index in [0.717, 1.165) is 11.3 Å². The number of carbonyl (C=O) groups is 1. The van der Waals surface area contributed by atoms with Crippen molar-refractivity contribution in [3.05, 3.63) is 50.4 Å². The lowest BCUT2D eigenvalue weighted by Gasteiger charge is -2.13. The van der Waals surface area contributed by atoms with E-state index < -0.39 is 15.9 Å². The van der Waals surface area contributed by atoms with Crippen LogP contribution in [-0.4, -0.2) is 42.0 Å². The molecule has 0 saturated carbocycles. The molecule has 0 radical (unpaired) electrons. The average Bonchev–Trinajstić information content (AvgIpc) is 3.14. The molecular weight excluding hydrogens is 466 g/mol. The highest BCUT2D eigenvalue weighted by Gasteiger charge is 2.21.